The molecule has 0 amide bonds. The normalized spacial score (nSPS) is 17.6. The molecule has 0 spiro atoms. The standard InChI is InChI=1S/C16H25FN2O/c1-3-18-11-13-4-5-16(17)14(10-13)12-20-15-6-8-19(2)9-7-15/h4-5,10,15,18H,3,6-9,11-12H2,1-2H3. The van der Waals surface area contributed by atoms with Gasteiger partial charge in [0.15, 0.2) is 0 Å². The molecule has 112 valence electrons. The van der Waals surface area contributed by atoms with Crippen molar-refractivity contribution in [2.75, 3.05) is 26.7 Å². The molecule has 0 aliphatic carbocycles. The van der Waals surface area contributed by atoms with Gasteiger partial charge in [-0.3, -0.25) is 0 Å². The van der Waals surface area contributed by atoms with Crippen LogP contribution >= 0.6 is 0 Å². The average molecular weight is 280 g/mol. The Hall–Kier alpha value is -0.970. The Labute approximate surface area is 121 Å². The van der Waals surface area contributed by atoms with Crippen molar-refractivity contribution in [2.45, 2.75) is 39.0 Å². The fraction of sp³-hybridized carbons (Fsp3) is 0.625. The summed E-state index contributed by atoms with van der Waals surface area (Å²) < 4.78 is 19.7. The Balaban J connectivity index is 1.87. The molecule has 1 aromatic carbocycles. The van der Waals surface area contributed by atoms with Crippen LogP contribution in [0.2, 0.25) is 0 Å². The van der Waals surface area contributed by atoms with Gasteiger partial charge in [0, 0.05) is 25.2 Å². The molecule has 1 saturated heterocycles. The third-order valence-electron chi connectivity index (χ3n) is 3.83. The fourth-order valence-electron chi connectivity index (χ4n) is 2.48. The van der Waals surface area contributed by atoms with E-state index in [-0.39, 0.29) is 11.9 Å². The average Bonchev–Trinajstić information content (AvgIpc) is 2.46. The van der Waals surface area contributed by atoms with Crippen LogP contribution in [0.5, 0.6) is 0 Å². The lowest BCUT2D eigenvalue weighted by Crippen LogP contribution is -2.34. The zero-order valence-corrected chi connectivity index (χ0v) is 12.5. The monoisotopic (exact) mass is 280 g/mol. The van der Waals surface area contributed by atoms with E-state index in [1.807, 2.05) is 12.1 Å². The van der Waals surface area contributed by atoms with E-state index < -0.39 is 0 Å². The lowest BCUT2D eigenvalue weighted by Gasteiger charge is -2.29. The number of rotatable bonds is 6. The summed E-state index contributed by atoms with van der Waals surface area (Å²) in [4.78, 5) is 2.30. The second-order valence-electron chi connectivity index (χ2n) is 5.52. The highest BCUT2D eigenvalue weighted by Crippen LogP contribution is 2.17. The maximum Gasteiger partial charge on any atom is 0.128 e. The minimum Gasteiger partial charge on any atom is -0.373 e. The highest BCUT2D eigenvalue weighted by molar-refractivity contribution is 5.24. The summed E-state index contributed by atoms with van der Waals surface area (Å²) in [6.07, 6.45) is 2.34. The molecule has 3 nitrogen and oxygen atoms in total. The molecule has 2 rings (SSSR count). The van der Waals surface area contributed by atoms with Gasteiger partial charge in [0.25, 0.3) is 0 Å². The number of halogens is 1. The van der Waals surface area contributed by atoms with Crippen LogP contribution in [0.25, 0.3) is 0 Å². The van der Waals surface area contributed by atoms with Crippen LogP contribution in [0.1, 0.15) is 30.9 Å². The third kappa shape index (κ3) is 4.54. The Bertz CT molecular complexity index is 417. The predicted molar refractivity (Wildman–Crippen MR) is 79.1 cm³/mol. The molecule has 1 heterocycles. The van der Waals surface area contributed by atoms with Gasteiger partial charge < -0.3 is 15.0 Å². The van der Waals surface area contributed by atoms with E-state index in [2.05, 4.69) is 24.2 Å². The summed E-state index contributed by atoms with van der Waals surface area (Å²) >= 11 is 0. The number of hydrogen-bond acceptors (Lipinski definition) is 3. The summed E-state index contributed by atoms with van der Waals surface area (Å²) in [5.74, 6) is -0.168. The van der Waals surface area contributed by atoms with Crippen LogP contribution in [0.4, 0.5) is 4.39 Å². The summed E-state index contributed by atoms with van der Waals surface area (Å²) in [6, 6.07) is 5.28. The molecule has 0 bridgehead atoms. The molecule has 0 saturated carbocycles. The minimum absolute atomic E-state index is 0.168. The van der Waals surface area contributed by atoms with Gasteiger partial charge in [-0.25, -0.2) is 4.39 Å². The number of benzene rings is 1. The molecule has 1 aromatic rings. The Morgan fingerprint density at radius 2 is 2.10 bits per heavy atom. The SMILES string of the molecule is CCNCc1ccc(F)c(COC2CCN(C)CC2)c1. The van der Waals surface area contributed by atoms with Gasteiger partial charge in [-0.2, -0.15) is 0 Å². The number of piperidine rings is 1. The summed E-state index contributed by atoms with van der Waals surface area (Å²) in [5.41, 5.74) is 1.77. The quantitative estimate of drug-likeness (QED) is 0.866. The zero-order chi connectivity index (χ0) is 14.4. The van der Waals surface area contributed by atoms with E-state index in [0.29, 0.717) is 12.2 Å². The first-order valence-electron chi connectivity index (χ1n) is 7.47. The van der Waals surface area contributed by atoms with Crippen LogP contribution in [0.15, 0.2) is 18.2 Å². The maximum absolute atomic E-state index is 13.8. The van der Waals surface area contributed by atoms with Gasteiger partial charge >= 0.3 is 0 Å². The fourth-order valence-corrected chi connectivity index (χ4v) is 2.48. The van der Waals surface area contributed by atoms with Gasteiger partial charge in [-0.15, -0.1) is 0 Å². The van der Waals surface area contributed by atoms with Gasteiger partial charge in [0.1, 0.15) is 5.82 Å². The second-order valence-corrected chi connectivity index (χ2v) is 5.52. The molecule has 0 radical (unpaired) electrons. The Morgan fingerprint density at radius 3 is 2.80 bits per heavy atom. The van der Waals surface area contributed by atoms with Crippen molar-refractivity contribution in [1.82, 2.24) is 10.2 Å². The lowest BCUT2D eigenvalue weighted by molar-refractivity contribution is 0.00103. The van der Waals surface area contributed by atoms with E-state index >= 15 is 0 Å². The number of nitrogens with zero attached hydrogens (tertiary/aromatic N) is 1. The summed E-state index contributed by atoms with van der Waals surface area (Å²) in [7, 11) is 2.13. The first-order chi connectivity index (χ1) is 9.69. The summed E-state index contributed by atoms with van der Waals surface area (Å²) in [6.45, 7) is 6.26. The Morgan fingerprint density at radius 1 is 1.35 bits per heavy atom. The molecular formula is C16H25FN2O. The molecule has 1 fully saturated rings. The van der Waals surface area contributed by atoms with Crippen molar-refractivity contribution in [3.8, 4) is 0 Å². The van der Waals surface area contributed by atoms with Crippen molar-refractivity contribution in [1.29, 1.82) is 0 Å². The van der Waals surface area contributed by atoms with Gasteiger partial charge in [0.2, 0.25) is 0 Å². The predicted octanol–water partition coefficient (Wildman–Crippen LogP) is 2.55. The van der Waals surface area contributed by atoms with E-state index in [9.17, 15) is 4.39 Å². The van der Waals surface area contributed by atoms with Crippen molar-refractivity contribution in [3.05, 3.63) is 35.1 Å². The molecule has 4 heteroatoms. The second kappa shape index (κ2) is 7.72. The van der Waals surface area contributed by atoms with E-state index in [1.54, 1.807) is 6.07 Å². The molecule has 0 aromatic heterocycles. The molecule has 1 aliphatic rings. The molecule has 20 heavy (non-hydrogen) atoms. The molecule has 0 atom stereocenters. The Kier molecular flexibility index (Phi) is 5.95. The highest BCUT2D eigenvalue weighted by atomic mass is 19.1. The van der Waals surface area contributed by atoms with E-state index in [0.717, 1.165) is 44.6 Å². The van der Waals surface area contributed by atoms with Crippen LogP contribution in [0, 0.1) is 5.82 Å². The molecule has 1 N–H and O–H groups in total. The highest BCUT2D eigenvalue weighted by Gasteiger charge is 2.17. The van der Waals surface area contributed by atoms with Crippen molar-refractivity contribution in [3.63, 3.8) is 0 Å². The number of ether oxygens (including phenoxy) is 1. The number of likely N-dealkylation sites (tertiary alicyclic amines) is 1. The van der Waals surface area contributed by atoms with Crippen molar-refractivity contribution in [2.24, 2.45) is 0 Å². The number of hydrogen-bond donors (Lipinski definition) is 1. The van der Waals surface area contributed by atoms with Gasteiger partial charge in [0.05, 0.1) is 12.7 Å². The molecule has 0 unspecified atom stereocenters. The number of nitrogens with one attached hydrogen (secondary N) is 1. The van der Waals surface area contributed by atoms with Gasteiger partial charge in [-0.1, -0.05) is 13.0 Å². The molecular weight excluding hydrogens is 255 g/mol. The van der Waals surface area contributed by atoms with Crippen LogP contribution in [-0.2, 0) is 17.9 Å². The lowest BCUT2D eigenvalue weighted by atomic mass is 10.1. The van der Waals surface area contributed by atoms with E-state index in [1.165, 1.54) is 0 Å². The van der Waals surface area contributed by atoms with Crippen LogP contribution < -0.4 is 5.32 Å². The van der Waals surface area contributed by atoms with Gasteiger partial charge in [-0.05, 0) is 44.1 Å². The smallest absolute Gasteiger partial charge is 0.128 e. The zero-order valence-electron chi connectivity index (χ0n) is 12.5. The van der Waals surface area contributed by atoms with Crippen LogP contribution in [0.3, 0.4) is 0 Å². The van der Waals surface area contributed by atoms with E-state index in [4.69, 9.17) is 4.74 Å². The largest absolute Gasteiger partial charge is 0.373 e. The van der Waals surface area contributed by atoms with Crippen molar-refractivity contribution < 1.29 is 9.13 Å². The maximum atomic E-state index is 13.8. The van der Waals surface area contributed by atoms with Crippen molar-refractivity contribution >= 4 is 0 Å². The topological polar surface area (TPSA) is 24.5 Å². The first kappa shape index (κ1) is 15.4. The minimum atomic E-state index is -0.168. The molecule has 1 aliphatic heterocycles. The summed E-state index contributed by atoms with van der Waals surface area (Å²) in [5, 5.41) is 3.25. The first-order valence-corrected chi connectivity index (χ1v) is 7.47. The third-order valence-corrected chi connectivity index (χ3v) is 3.83. The van der Waals surface area contributed by atoms with Crippen LogP contribution in [-0.4, -0.2) is 37.7 Å².